The van der Waals surface area contributed by atoms with Gasteiger partial charge in [-0.15, -0.1) is 11.8 Å². The van der Waals surface area contributed by atoms with Crippen LogP contribution in [0.1, 0.15) is 24.6 Å². The fraction of sp³-hybridized carbons (Fsp3) is 0.167. The second-order valence-electron chi connectivity index (χ2n) is 8.70. The van der Waals surface area contributed by atoms with Crippen molar-refractivity contribution >= 4 is 41.0 Å². The number of thioether (sulfide) groups is 1. The van der Waals surface area contributed by atoms with Crippen LogP contribution in [0.15, 0.2) is 101 Å². The quantitative estimate of drug-likeness (QED) is 0.218. The number of benzene rings is 3. The van der Waals surface area contributed by atoms with Gasteiger partial charge in [-0.2, -0.15) is 0 Å². The van der Waals surface area contributed by atoms with Crippen LogP contribution in [0.5, 0.6) is 0 Å². The molecule has 0 aliphatic carbocycles. The summed E-state index contributed by atoms with van der Waals surface area (Å²) in [5.41, 5.74) is 2.96. The molecule has 0 saturated carbocycles. The van der Waals surface area contributed by atoms with Crippen molar-refractivity contribution < 1.29 is 9.59 Å². The molecule has 1 atom stereocenters. The molecule has 0 aliphatic heterocycles. The predicted octanol–water partition coefficient (Wildman–Crippen LogP) is 5.65. The van der Waals surface area contributed by atoms with E-state index in [1.54, 1.807) is 23.9 Å². The molecule has 0 spiro atoms. The highest BCUT2D eigenvalue weighted by Gasteiger charge is 2.23. The summed E-state index contributed by atoms with van der Waals surface area (Å²) in [7, 11) is 1.79. The summed E-state index contributed by atoms with van der Waals surface area (Å²) in [6, 6.07) is 26.3. The number of rotatable bonds is 9. The molecule has 4 rings (SSSR count). The van der Waals surface area contributed by atoms with Crippen LogP contribution in [0.2, 0.25) is 0 Å². The van der Waals surface area contributed by atoms with Gasteiger partial charge in [-0.1, -0.05) is 61.5 Å². The Balaban J connectivity index is 1.44. The Kier molecular flexibility index (Phi) is 8.66. The second kappa shape index (κ2) is 12.3. The van der Waals surface area contributed by atoms with E-state index in [1.807, 2.05) is 92.7 Å². The summed E-state index contributed by atoms with van der Waals surface area (Å²) < 4.78 is 3.28. The summed E-state index contributed by atoms with van der Waals surface area (Å²) in [5.74, 6) is -0.487. The molecule has 0 bridgehead atoms. The zero-order chi connectivity index (χ0) is 27.1. The number of amides is 2. The summed E-state index contributed by atoms with van der Waals surface area (Å²) in [6.07, 6.45) is 3.80. The Bertz CT molecular complexity index is 1510. The SMILES string of the molecule is CCC(Sc1cccc(NC(=O)/C=C/c2ccccc2)c1)C(=O)Nc1c(C)n(C)n(-c2ccccc2)c1=O. The lowest BCUT2D eigenvalue weighted by molar-refractivity contribution is -0.115. The first-order valence-corrected chi connectivity index (χ1v) is 13.2. The van der Waals surface area contributed by atoms with Gasteiger partial charge < -0.3 is 10.6 Å². The van der Waals surface area contributed by atoms with Crippen LogP contribution in [0.4, 0.5) is 11.4 Å². The third kappa shape index (κ3) is 6.33. The van der Waals surface area contributed by atoms with Gasteiger partial charge in [0.1, 0.15) is 5.69 Å². The first-order valence-electron chi connectivity index (χ1n) is 12.3. The van der Waals surface area contributed by atoms with E-state index in [0.29, 0.717) is 17.8 Å². The molecule has 0 radical (unpaired) electrons. The Morgan fingerprint density at radius 2 is 1.63 bits per heavy atom. The highest BCUT2D eigenvalue weighted by molar-refractivity contribution is 8.00. The van der Waals surface area contributed by atoms with Crippen LogP contribution in [-0.2, 0) is 16.6 Å². The van der Waals surface area contributed by atoms with Gasteiger partial charge in [0.25, 0.3) is 5.56 Å². The highest BCUT2D eigenvalue weighted by atomic mass is 32.2. The highest BCUT2D eigenvalue weighted by Crippen LogP contribution is 2.29. The number of carbonyl (C=O) groups excluding carboxylic acids is 2. The van der Waals surface area contributed by atoms with Crippen molar-refractivity contribution in [1.29, 1.82) is 0 Å². The molecule has 0 fully saturated rings. The van der Waals surface area contributed by atoms with Crippen LogP contribution in [0, 0.1) is 6.92 Å². The van der Waals surface area contributed by atoms with Crippen LogP contribution >= 0.6 is 11.8 Å². The third-order valence-electron chi connectivity index (χ3n) is 6.07. The van der Waals surface area contributed by atoms with Crippen molar-refractivity contribution in [2.75, 3.05) is 10.6 Å². The lowest BCUT2D eigenvalue weighted by Gasteiger charge is -2.15. The molecule has 1 unspecified atom stereocenters. The van der Waals surface area contributed by atoms with Gasteiger partial charge in [0.15, 0.2) is 0 Å². The third-order valence-corrected chi connectivity index (χ3v) is 7.43. The molecular weight excluding hydrogens is 496 g/mol. The number of anilines is 2. The fourth-order valence-electron chi connectivity index (χ4n) is 3.97. The monoisotopic (exact) mass is 526 g/mol. The molecular formula is C30H30N4O3S. The first kappa shape index (κ1) is 26.8. The Hall–Kier alpha value is -4.30. The van der Waals surface area contributed by atoms with Gasteiger partial charge in [0.05, 0.1) is 16.6 Å². The molecule has 2 amide bonds. The van der Waals surface area contributed by atoms with Crippen LogP contribution in [-0.4, -0.2) is 26.4 Å². The minimum atomic E-state index is -0.428. The molecule has 4 aromatic rings. The second-order valence-corrected chi connectivity index (χ2v) is 9.98. The average Bonchev–Trinajstić information content (AvgIpc) is 3.14. The minimum Gasteiger partial charge on any atom is -0.322 e. The lowest BCUT2D eigenvalue weighted by atomic mass is 10.2. The average molecular weight is 527 g/mol. The van der Waals surface area contributed by atoms with Crippen molar-refractivity contribution in [3.63, 3.8) is 0 Å². The predicted molar refractivity (Wildman–Crippen MR) is 155 cm³/mol. The number of carbonyl (C=O) groups is 2. The summed E-state index contributed by atoms with van der Waals surface area (Å²) in [5, 5.41) is 5.31. The molecule has 0 aliphatic rings. The largest absolute Gasteiger partial charge is 0.322 e. The molecule has 1 aromatic heterocycles. The van der Waals surface area contributed by atoms with Gasteiger partial charge in [-0.3, -0.25) is 19.1 Å². The molecule has 2 N–H and O–H groups in total. The van der Waals surface area contributed by atoms with Gasteiger partial charge >= 0.3 is 0 Å². The molecule has 194 valence electrons. The van der Waals surface area contributed by atoms with Crippen molar-refractivity contribution in [2.24, 2.45) is 7.05 Å². The number of nitrogens with one attached hydrogen (secondary N) is 2. The maximum atomic E-state index is 13.2. The van der Waals surface area contributed by atoms with E-state index in [2.05, 4.69) is 10.6 Å². The maximum Gasteiger partial charge on any atom is 0.295 e. The fourth-order valence-corrected chi connectivity index (χ4v) is 4.98. The van der Waals surface area contributed by atoms with Crippen LogP contribution < -0.4 is 16.2 Å². The van der Waals surface area contributed by atoms with Crippen LogP contribution in [0.3, 0.4) is 0 Å². The maximum absolute atomic E-state index is 13.2. The zero-order valence-electron chi connectivity index (χ0n) is 21.5. The number of para-hydroxylation sites is 1. The van der Waals surface area contributed by atoms with E-state index >= 15 is 0 Å². The summed E-state index contributed by atoms with van der Waals surface area (Å²) >= 11 is 1.39. The van der Waals surface area contributed by atoms with Crippen molar-refractivity contribution in [3.8, 4) is 5.69 Å². The molecule has 7 nitrogen and oxygen atoms in total. The van der Waals surface area contributed by atoms with Gasteiger partial charge in [0.2, 0.25) is 11.8 Å². The van der Waals surface area contributed by atoms with Crippen molar-refractivity contribution in [1.82, 2.24) is 9.36 Å². The number of hydrogen-bond donors (Lipinski definition) is 2. The van der Waals surface area contributed by atoms with E-state index in [9.17, 15) is 14.4 Å². The molecule has 38 heavy (non-hydrogen) atoms. The van der Waals surface area contributed by atoms with Crippen molar-refractivity contribution in [2.45, 2.75) is 30.4 Å². The van der Waals surface area contributed by atoms with E-state index in [-0.39, 0.29) is 23.1 Å². The molecule has 8 heteroatoms. The van der Waals surface area contributed by atoms with E-state index < -0.39 is 5.25 Å². The summed E-state index contributed by atoms with van der Waals surface area (Å²) in [6.45, 7) is 3.74. The van der Waals surface area contributed by atoms with Crippen molar-refractivity contribution in [3.05, 3.63) is 113 Å². The number of aromatic nitrogens is 2. The number of hydrogen-bond acceptors (Lipinski definition) is 4. The van der Waals surface area contributed by atoms with E-state index in [0.717, 1.165) is 16.1 Å². The molecule has 0 saturated heterocycles. The Morgan fingerprint density at radius 1 is 0.947 bits per heavy atom. The first-order chi connectivity index (χ1) is 18.4. The smallest absolute Gasteiger partial charge is 0.295 e. The lowest BCUT2D eigenvalue weighted by Crippen LogP contribution is -2.28. The van der Waals surface area contributed by atoms with Gasteiger partial charge in [0, 0.05) is 23.7 Å². The zero-order valence-corrected chi connectivity index (χ0v) is 22.4. The van der Waals surface area contributed by atoms with E-state index in [4.69, 9.17) is 0 Å². The topological polar surface area (TPSA) is 85.1 Å². The number of nitrogens with zero attached hydrogens (tertiary/aromatic N) is 2. The molecule has 1 heterocycles. The van der Waals surface area contributed by atoms with Gasteiger partial charge in [-0.05, 0) is 55.3 Å². The Morgan fingerprint density at radius 3 is 2.32 bits per heavy atom. The van der Waals surface area contributed by atoms with Crippen LogP contribution in [0.25, 0.3) is 11.8 Å². The normalized spacial score (nSPS) is 11.9. The minimum absolute atomic E-state index is 0.241. The van der Waals surface area contributed by atoms with E-state index in [1.165, 1.54) is 22.5 Å². The Labute approximate surface area is 226 Å². The molecule has 3 aromatic carbocycles. The van der Waals surface area contributed by atoms with Gasteiger partial charge in [-0.25, -0.2) is 4.68 Å². The summed E-state index contributed by atoms with van der Waals surface area (Å²) in [4.78, 5) is 39.6. The standard InChI is InChI=1S/C30H30N4O3S/c1-4-26(29(36)32-28-21(2)33(3)34(30(28)37)24-15-9-6-10-16-24)38-25-17-11-14-23(20-25)31-27(35)19-18-22-12-7-5-8-13-22/h5-20,26H,4H2,1-3H3,(H,31,35)(H,32,36)/b19-18+.